The highest BCUT2D eigenvalue weighted by molar-refractivity contribution is 6.23. The van der Waals surface area contributed by atoms with Gasteiger partial charge in [0.25, 0.3) is 5.91 Å². The molecular formula is C20H25NO3. The van der Waals surface area contributed by atoms with Gasteiger partial charge in [-0.15, -0.1) is 0 Å². The van der Waals surface area contributed by atoms with Crippen molar-refractivity contribution in [3.63, 3.8) is 0 Å². The molecule has 0 radical (unpaired) electrons. The number of esters is 1. The fourth-order valence-electron chi connectivity index (χ4n) is 3.52. The first-order chi connectivity index (χ1) is 11.4. The van der Waals surface area contributed by atoms with E-state index in [-0.39, 0.29) is 17.8 Å². The SMILES string of the molecule is CC1CCC2(CC1)NC(=O)C(c1ccccc1)=C2OC(=O)C(C)C. The van der Waals surface area contributed by atoms with Crippen molar-refractivity contribution < 1.29 is 14.3 Å². The van der Waals surface area contributed by atoms with Crippen LogP contribution < -0.4 is 5.32 Å². The van der Waals surface area contributed by atoms with E-state index in [0.717, 1.165) is 31.2 Å². The predicted octanol–water partition coefficient (Wildman–Crippen LogP) is 3.68. The normalized spacial score (nSPS) is 26.8. The molecule has 1 aliphatic heterocycles. The molecule has 4 heteroatoms. The van der Waals surface area contributed by atoms with Gasteiger partial charge in [0.15, 0.2) is 0 Å². The number of hydrogen-bond donors (Lipinski definition) is 1. The first kappa shape index (κ1) is 16.7. The Hall–Kier alpha value is -2.10. The van der Waals surface area contributed by atoms with Crippen molar-refractivity contribution in [2.45, 2.75) is 52.0 Å². The lowest BCUT2D eigenvalue weighted by atomic mass is 9.76. The highest BCUT2D eigenvalue weighted by Gasteiger charge is 2.49. The van der Waals surface area contributed by atoms with Crippen LogP contribution in [-0.2, 0) is 14.3 Å². The molecule has 0 saturated heterocycles. The van der Waals surface area contributed by atoms with Gasteiger partial charge in [-0.05, 0) is 37.2 Å². The average Bonchev–Trinajstić information content (AvgIpc) is 2.83. The Kier molecular flexibility index (Phi) is 4.48. The number of carbonyl (C=O) groups is 2. The Labute approximate surface area is 143 Å². The van der Waals surface area contributed by atoms with Crippen LogP contribution in [0.4, 0.5) is 0 Å². The number of rotatable bonds is 3. The van der Waals surface area contributed by atoms with E-state index in [4.69, 9.17) is 4.74 Å². The molecule has 0 bridgehead atoms. The van der Waals surface area contributed by atoms with Crippen molar-refractivity contribution in [1.29, 1.82) is 0 Å². The zero-order valence-electron chi connectivity index (χ0n) is 14.6. The Morgan fingerprint density at radius 2 is 1.83 bits per heavy atom. The molecule has 128 valence electrons. The second-order valence-electron chi connectivity index (χ2n) is 7.36. The van der Waals surface area contributed by atoms with Crippen LogP contribution in [0.25, 0.3) is 5.57 Å². The van der Waals surface area contributed by atoms with Gasteiger partial charge in [-0.2, -0.15) is 0 Å². The molecule has 2 aliphatic rings. The fourth-order valence-corrected chi connectivity index (χ4v) is 3.52. The third-order valence-corrected chi connectivity index (χ3v) is 5.11. The first-order valence-corrected chi connectivity index (χ1v) is 8.77. The van der Waals surface area contributed by atoms with Gasteiger partial charge in [0.05, 0.1) is 17.0 Å². The number of amides is 1. The van der Waals surface area contributed by atoms with Crippen LogP contribution in [0.1, 0.15) is 52.0 Å². The molecule has 1 spiro atoms. The summed E-state index contributed by atoms with van der Waals surface area (Å²) in [5, 5.41) is 3.14. The largest absolute Gasteiger partial charge is 0.427 e. The van der Waals surface area contributed by atoms with E-state index in [9.17, 15) is 9.59 Å². The Morgan fingerprint density at radius 3 is 2.42 bits per heavy atom. The summed E-state index contributed by atoms with van der Waals surface area (Å²) in [4.78, 5) is 25.0. The molecule has 1 aliphatic carbocycles. The lowest BCUT2D eigenvalue weighted by molar-refractivity contribution is -0.144. The van der Waals surface area contributed by atoms with Gasteiger partial charge >= 0.3 is 5.97 Å². The Bertz CT molecular complexity index is 667. The number of carbonyl (C=O) groups excluding carboxylic acids is 2. The summed E-state index contributed by atoms with van der Waals surface area (Å²) in [7, 11) is 0. The smallest absolute Gasteiger partial charge is 0.313 e. The molecule has 0 unspecified atom stereocenters. The number of ether oxygens (including phenoxy) is 1. The molecule has 3 rings (SSSR count). The average molecular weight is 327 g/mol. The summed E-state index contributed by atoms with van der Waals surface area (Å²) in [5.41, 5.74) is 0.787. The molecule has 1 aromatic rings. The lowest BCUT2D eigenvalue weighted by Gasteiger charge is -2.37. The van der Waals surface area contributed by atoms with Crippen LogP contribution in [0.15, 0.2) is 36.1 Å². The minimum absolute atomic E-state index is 0.137. The van der Waals surface area contributed by atoms with Crippen LogP contribution in [0.2, 0.25) is 0 Å². The summed E-state index contributed by atoms with van der Waals surface area (Å²) in [6.45, 7) is 5.85. The molecule has 1 saturated carbocycles. The molecule has 1 heterocycles. The fraction of sp³-hybridized carbons (Fsp3) is 0.500. The molecule has 1 amide bonds. The van der Waals surface area contributed by atoms with Crippen LogP contribution in [0, 0.1) is 11.8 Å². The van der Waals surface area contributed by atoms with Gasteiger partial charge in [0, 0.05) is 0 Å². The minimum atomic E-state index is -0.528. The molecule has 0 atom stereocenters. The van der Waals surface area contributed by atoms with E-state index < -0.39 is 5.54 Å². The van der Waals surface area contributed by atoms with Crippen molar-refractivity contribution in [2.75, 3.05) is 0 Å². The molecule has 1 fully saturated rings. The topological polar surface area (TPSA) is 55.4 Å². The highest BCUT2D eigenvalue weighted by atomic mass is 16.5. The van der Waals surface area contributed by atoms with Gasteiger partial charge in [-0.25, -0.2) is 0 Å². The van der Waals surface area contributed by atoms with E-state index in [1.807, 2.05) is 44.2 Å². The number of hydrogen-bond acceptors (Lipinski definition) is 3. The van der Waals surface area contributed by atoms with Crippen molar-refractivity contribution in [3.8, 4) is 0 Å². The molecular weight excluding hydrogens is 302 g/mol. The van der Waals surface area contributed by atoms with E-state index in [0.29, 0.717) is 17.3 Å². The lowest BCUT2D eigenvalue weighted by Crippen LogP contribution is -2.48. The van der Waals surface area contributed by atoms with Crippen LogP contribution in [0.3, 0.4) is 0 Å². The molecule has 4 nitrogen and oxygen atoms in total. The number of nitrogens with one attached hydrogen (secondary N) is 1. The maximum atomic E-state index is 12.7. The third-order valence-electron chi connectivity index (χ3n) is 5.11. The maximum absolute atomic E-state index is 12.7. The summed E-state index contributed by atoms with van der Waals surface area (Å²) in [5.74, 6) is 0.514. The zero-order chi connectivity index (χ0) is 17.3. The summed E-state index contributed by atoms with van der Waals surface area (Å²) >= 11 is 0. The predicted molar refractivity (Wildman–Crippen MR) is 92.8 cm³/mol. The van der Waals surface area contributed by atoms with Crippen molar-refractivity contribution >= 4 is 17.4 Å². The van der Waals surface area contributed by atoms with Gasteiger partial charge < -0.3 is 10.1 Å². The third kappa shape index (κ3) is 2.97. The molecule has 1 N–H and O–H groups in total. The number of benzene rings is 1. The highest BCUT2D eigenvalue weighted by Crippen LogP contribution is 2.44. The van der Waals surface area contributed by atoms with Crippen LogP contribution in [0.5, 0.6) is 0 Å². The van der Waals surface area contributed by atoms with Gasteiger partial charge in [-0.3, -0.25) is 9.59 Å². The van der Waals surface area contributed by atoms with E-state index in [1.165, 1.54) is 0 Å². The first-order valence-electron chi connectivity index (χ1n) is 8.77. The molecule has 24 heavy (non-hydrogen) atoms. The summed E-state index contributed by atoms with van der Waals surface area (Å²) in [6.07, 6.45) is 3.67. The van der Waals surface area contributed by atoms with E-state index >= 15 is 0 Å². The minimum Gasteiger partial charge on any atom is -0.427 e. The van der Waals surface area contributed by atoms with E-state index in [2.05, 4.69) is 12.2 Å². The summed E-state index contributed by atoms with van der Waals surface area (Å²) in [6, 6.07) is 9.48. The van der Waals surface area contributed by atoms with Crippen molar-refractivity contribution in [1.82, 2.24) is 5.32 Å². The maximum Gasteiger partial charge on any atom is 0.313 e. The zero-order valence-corrected chi connectivity index (χ0v) is 14.6. The van der Waals surface area contributed by atoms with Crippen molar-refractivity contribution in [3.05, 3.63) is 41.7 Å². The Morgan fingerprint density at radius 1 is 1.21 bits per heavy atom. The molecule has 1 aromatic carbocycles. The van der Waals surface area contributed by atoms with Gasteiger partial charge in [0.2, 0.25) is 0 Å². The van der Waals surface area contributed by atoms with Crippen LogP contribution >= 0.6 is 0 Å². The summed E-state index contributed by atoms with van der Waals surface area (Å²) < 4.78 is 5.80. The monoisotopic (exact) mass is 327 g/mol. The van der Waals surface area contributed by atoms with Gasteiger partial charge in [-0.1, -0.05) is 51.1 Å². The van der Waals surface area contributed by atoms with Crippen molar-refractivity contribution in [2.24, 2.45) is 11.8 Å². The van der Waals surface area contributed by atoms with E-state index in [1.54, 1.807) is 0 Å². The molecule has 0 aromatic heterocycles. The standard InChI is InChI=1S/C20H25NO3/c1-13(2)19(23)24-17-16(15-7-5-4-6-8-15)18(22)21-20(17)11-9-14(3)10-12-20/h4-8,13-14H,9-12H2,1-3H3,(H,21,22). The second kappa shape index (κ2) is 6.42. The van der Waals surface area contributed by atoms with Gasteiger partial charge in [0.1, 0.15) is 5.76 Å². The quantitative estimate of drug-likeness (QED) is 0.862. The van der Waals surface area contributed by atoms with Crippen LogP contribution in [-0.4, -0.2) is 17.4 Å². The second-order valence-corrected chi connectivity index (χ2v) is 7.36. The Balaban J connectivity index is 2.06.